The normalized spacial score (nSPS) is 18.7. The van der Waals surface area contributed by atoms with Crippen LogP contribution >= 0.6 is 0 Å². The third-order valence-corrected chi connectivity index (χ3v) is 3.22. The van der Waals surface area contributed by atoms with E-state index in [4.69, 9.17) is 0 Å². The van der Waals surface area contributed by atoms with Crippen LogP contribution in [0.2, 0.25) is 0 Å². The van der Waals surface area contributed by atoms with E-state index in [1.165, 1.54) is 0 Å². The summed E-state index contributed by atoms with van der Waals surface area (Å²) in [5.74, 6) is 0. The van der Waals surface area contributed by atoms with E-state index >= 15 is 0 Å². The van der Waals surface area contributed by atoms with Gasteiger partial charge in [-0.25, -0.2) is 0 Å². The van der Waals surface area contributed by atoms with Crippen LogP contribution in [0.5, 0.6) is 0 Å². The van der Waals surface area contributed by atoms with Crippen LogP contribution in [0, 0.1) is 5.41 Å². The van der Waals surface area contributed by atoms with Crippen molar-refractivity contribution in [2.24, 2.45) is 10.4 Å². The molecule has 0 N–H and O–H groups in total. The van der Waals surface area contributed by atoms with Gasteiger partial charge in [-0.15, -0.1) is 0 Å². The number of likely N-dealkylation sites (N-methyl/N-ethyl adjacent to an activating group) is 1. The minimum atomic E-state index is 0.0919. The Bertz CT molecular complexity index is 538. The highest BCUT2D eigenvalue weighted by atomic mass is 15.1. The van der Waals surface area contributed by atoms with Gasteiger partial charge in [0, 0.05) is 37.1 Å². The highest BCUT2D eigenvalue weighted by molar-refractivity contribution is 5.72. The van der Waals surface area contributed by atoms with Gasteiger partial charge in [-0.2, -0.15) is 0 Å². The molecule has 1 aliphatic carbocycles. The van der Waals surface area contributed by atoms with Gasteiger partial charge in [-0.3, -0.25) is 4.99 Å². The maximum absolute atomic E-state index is 4.04. The number of nitrogens with zero attached hydrogens (tertiary/aromatic N) is 2. The summed E-state index contributed by atoms with van der Waals surface area (Å²) in [6.07, 6.45) is 22.8. The first-order chi connectivity index (χ1) is 10.00. The molecular weight excluding hydrogens is 256 g/mol. The summed E-state index contributed by atoms with van der Waals surface area (Å²) in [5, 5.41) is 0. The number of hydrogen-bond donors (Lipinski definition) is 0. The van der Waals surface area contributed by atoms with Gasteiger partial charge in [-0.05, 0) is 31.2 Å². The molecule has 0 aliphatic heterocycles. The second kappa shape index (κ2) is 8.25. The lowest BCUT2D eigenvalue weighted by Crippen LogP contribution is -2.15. The SMILES string of the molecule is C/C=C/C=C\C(=C/C=NC)N(C)C1=CC=CC(C)(C)C=C1. The Kier molecular flexibility index (Phi) is 6.67. The molecule has 21 heavy (non-hydrogen) atoms. The van der Waals surface area contributed by atoms with E-state index in [2.05, 4.69) is 67.2 Å². The van der Waals surface area contributed by atoms with E-state index in [9.17, 15) is 0 Å². The number of allylic oxidation sites excluding steroid dienone is 10. The fourth-order valence-electron chi connectivity index (χ4n) is 1.87. The van der Waals surface area contributed by atoms with E-state index in [1.807, 2.05) is 37.4 Å². The third-order valence-electron chi connectivity index (χ3n) is 3.22. The number of aliphatic imine (C=N–C) groups is 1. The fraction of sp³-hybridized carbons (Fsp3) is 0.316. The van der Waals surface area contributed by atoms with Gasteiger partial charge >= 0.3 is 0 Å². The van der Waals surface area contributed by atoms with Crippen molar-refractivity contribution in [3.8, 4) is 0 Å². The molecule has 0 aromatic rings. The molecule has 2 nitrogen and oxygen atoms in total. The van der Waals surface area contributed by atoms with Crippen molar-refractivity contribution in [3.63, 3.8) is 0 Å². The summed E-state index contributed by atoms with van der Waals surface area (Å²) >= 11 is 0. The van der Waals surface area contributed by atoms with Crippen LogP contribution in [-0.4, -0.2) is 25.2 Å². The molecule has 1 aliphatic rings. The highest BCUT2D eigenvalue weighted by Crippen LogP contribution is 2.24. The average molecular weight is 282 g/mol. The summed E-state index contributed by atoms with van der Waals surface area (Å²) in [7, 11) is 3.84. The maximum Gasteiger partial charge on any atom is 0.0423 e. The minimum absolute atomic E-state index is 0.0919. The molecule has 112 valence electrons. The summed E-state index contributed by atoms with van der Waals surface area (Å²) in [4.78, 5) is 6.20. The van der Waals surface area contributed by atoms with Crippen LogP contribution in [-0.2, 0) is 0 Å². The Morgan fingerprint density at radius 2 is 2.00 bits per heavy atom. The van der Waals surface area contributed by atoms with Crippen molar-refractivity contribution >= 4 is 6.21 Å². The van der Waals surface area contributed by atoms with Gasteiger partial charge < -0.3 is 4.90 Å². The maximum atomic E-state index is 4.04. The molecule has 0 saturated carbocycles. The van der Waals surface area contributed by atoms with Gasteiger partial charge in [-0.1, -0.05) is 50.3 Å². The first-order valence-electron chi connectivity index (χ1n) is 7.24. The van der Waals surface area contributed by atoms with Gasteiger partial charge in [0.2, 0.25) is 0 Å². The molecule has 1 rings (SSSR count). The van der Waals surface area contributed by atoms with Crippen molar-refractivity contribution in [3.05, 3.63) is 72.2 Å². The monoisotopic (exact) mass is 282 g/mol. The van der Waals surface area contributed by atoms with E-state index in [0.29, 0.717) is 0 Å². The van der Waals surface area contributed by atoms with Gasteiger partial charge in [0.25, 0.3) is 0 Å². The van der Waals surface area contributed by atoms with Crippen LogP contribution in [0.1, 0.15) is 20.8 Å². The van der Waals surface area contributed by atoms with Crippen molar-refractivity contribution in [1.29, 1.82) is 0 Å². The largest absolute Gasteiger partial charge is 0.345 e. The lowest BCUT2D eigenvalue weighted by atomic mass is 9.93. The zero-order valence-corrected chi connectivity index (χ0v) is 13.7. The zero-order chi connectivity index (χ0) is 15.7. The van der Waals surface area contributed by atoms with Gasteiger partial charge in [0.1, 0.15) is 0 Å². The molecule has 0 saturated heterocycles. The van der Waals surface area contributed by atoms with Gasteiger partial charge in [0.05, 0.1) is 0 Å². The molecule has 0 spiro atoms. The van der Waals surface area contributed by atoms with Crippen LogP contribution in [0.25, 0.3) is 0 Å². The van der Waals surface area contributed by atoms with Crippen molar-refractivity contribution in [2.75, 3.05) is 14.1 Å². The Morgan fingerprint density at radius 1 is 1.24 bits per heavy atom. The molecule has 0 amide bonds. The van der Waals surface area contributed by atoms with Crippen LogP contribution < -0.4 is 0 Å². The molecule has 0 fully saturated rings. The number of hydrogen-bond acceptors (Lipinski definition) is 2. The van der Waals surface area contributed by atoms with Crippen LogP contribution in [0.4, 0.5) is 0 Å². The zero-order valence-electron chi connectivity index (χ0n) is 13.7. The second-order valence-electron chi connectivity index (χ2n) is 5.55. The lowest BCUT2D eigenvalue weighted by molar-refractivity contribution is 0.552. The Balaban J connectivity index is 3.03. The molecule has 0 aromatic heterocycles. The molecule has 0 radical (unpaired) electrons. The number of rotatable bonds is 5. The first kappa shape index (κ1) is 17.0. The lowest BCUT2D eigenvalue weighted by Gasteiger charge is -2.21. The summed E-state index contributed by atoms with van der Waals surface area (Å²) in [6, 6.07) is 0. The molecular formula is C19H26N2. The minimum Gasteiger partial charge on any atom is -0.345 e. The smallest absolute Gasteiger partial charge is 0.0423 e. The topological polar surface area (TPSA) is 15.6 Å². The van der Waals surface area contributed by atoms with E-state index in [0.717, 1.165) is 11.4 Å². The Morgan fingerprint density at radius 3 is 2.67 bits per heavy atom. The fourth-order valence-corrected chi connectivity index (χ4v) is 1.87. The predicted octanol–water partition coefficient (Wildman–Crippen LogP) is 4.67. The van der Waals surface area contributed by atoms with E-state index in [-0.39, 0.29) is 5.41 Å². The average Bonchev–Trinajstić information content (AvgIpc) is 2.63. The second-order valence-corrected chi connectivity index (χ2v) is 5.55. The van der Waals surface area contributed by atoms with E-state index in [1.54, 1.807) is 7.05 Å². The van der Waals surface area contributed by atoms with Crippen LogP contribution in [0.3, 0.4) is 0 Å². The molecule has 0 atom stereocenters. The van der Waals surface area contributed by atoms with Crippen molar-refractivity contribution in [2.45, 2.75) is 20.8 Å². The molecule has 0 aromatic carbocycles. The Labute approximate surface area is 129 Å². The third kappa shape index (κ3) is 5.82. The van der Waals surface area contributed by atoms with E-state index < -0.39 is 0 Å². The summed E-state index contributed by atoms with van der Waals surface area (Å²) in [5.41, 5.74) is 2.33. The molecule has 0 bridgehead atoms. The molecule has 0 unspecified atom stereocenters. The molecule has 0 heterocycles. The summed E-state index contributed by atoms with van der Waals surface area (Å²) in [6.45, 7) is 6.40. The summed E-state index contributed by atoms with van der Waals surface area (Å²) < 4.78 is 0. The molecule has 2 heteroatoms. The predicted molar refractivity (Wildman–Crippen MR) is 94.4 cm³/mol. The van der Waals surface area contributed by atoms with Crippen molar-refractivity contribution < 1.29 is 0 Å². The Hall–Kier alpha value is -2.09. The van der Waals surface area contributed by atoms with Crippen LogP contribution in [0.15, 0.2) is 77.1 Å². The van der Waals surface area contributed by atoms with Gasteiger partial charge in [0.15, 0.2) is 0 Å². The standard InChI is InChI=1S/C19H26N2/c1-6-7-8-10-18(13-16-20-4)21(5)17-11-9-14-19(2,3)15-12-17/h6-16H,1-5H3/b7-6+,10-8-,18-13+,20-16?. The first-order valence-corrected chi connectivity index (χ1v) is 7.24. The quantitative estimate of drug-likeness (QED) is 0.528. The highest BCUT2D eigenvalue weighted by Gasteiger charge is 2.12. The van der Waals surface area contributed by atoms with Crippen molar-refractivity contribution in [1.82, 2.24) is 4.90 Å².